The number of nitrogens with zero attached hydrogens (tertiary/aromatic N) is 1. The van der Waals surface area contributed by atoms with Crippen LogP contribution >= 0.6 is 0 Å². The first-order chi connectivity index (χ1) is 10.0. The summed E-state index contributed by atoms with van der Waals surface area (Å²) in [4.78, 5) is 13.8. The third-order valence-electron chi connectivity index (χ3n) is 3.60. The highest BCUT2D eigenvalue weighted by Gasteiger charge is 2.26. The molecular formula is C15H19F3N2O. The van der Waals surface area contributed by atoms with Crippen molar-refractivity contribution in [2.75, 3.05) is 19.6 Å². The minimum Gasteiger partial charge on any atom is -0.337 e. The Hall–Kier alpha value is -1.56. The number of carbonyl (C=O) groups excluding carboxylic acids is 1. The molecule has 0 spiro atoms. The number of halogens is 3. The number of hydrogen-bond donors (Lipinski definition) is 1. The van der Waals surface area contributed by atoms with Gasteiger partial charge in [-0.3, -0.25) is 4.79 Å². The van der Waals surface area contributed by atoms with Gasteiger partial charge in [-0.1, -0.05) is 6.92 Å². The third kappa shape index (κ3) is 3.75. The molecule has 0 radical (unpaired) electrons. The molecule has 0 aromatic heterocycles. The van der Waals surface area contributed by atoms with E-state index in [1.54, 1.807) is 0 Å². The van der Waals surface area contributed by atoms with Gasteiger partial charge in [-0.2, -0.15) is 0 Å². The number of nitrogens with one attached hydrogen (secondary N) is 1. The molecule has 2 rings (SSSR count). The van der Waals surface area contributed by atoms with Gasteiger partial charge in [0.05, 0.1) is 0 Å². The summed E-state index contributed by atoms with van der Waals surface area (Å²) in [6, 6.07) is 1.22. The van der Waals surface area contributed by atoms with E-state index in [4.69, 9.17) is 0 Å². The fraction of sp³-hybridized carbons (Fsp3) is 0.533. The number of rotatable bonds is 5. The average Bonchev–Trinajstić information content (AvgIpc) is 2.89. The largest absolute Gasteiger partial charge is 0.337 e. The van der Waals surface area contributed by atoms with Crippen molar-refractivity contribution in [1.82, 2.24) is 10.2 Å². The summed E-state index contributed by atoms with van der Waals surface area (Å²) in [5, 5.41) is 3.25. The van der Waals surface area contributed by atoms with Crippen LogP contribution in [0.3, 0.4) is 0 Å². The second-order valence-corrected chi connectivity index (χ2v) is 5.29. The lowest BCUT2D eigenvalue weighted by Gasteiger charge is -2.26. The van der Waals surface area contributed by atoms with Crippen LogP contribution < -0.4 is 5.32 Å². The van der Waals surface area contributed by atoms with Crippen molar-refractivity contribution in [2.45, 2.75) is 32.2 Å². The van der Waals surface area contributed by atoms with Gasteiger partial charge in [0, 0.05) is 31.3 Å². The highest BCUT2D eigenvalue weighted by molar-refractivity contribution is 5.94. The Bertz CT molecular complexity index is 493. The number of carbonyl (C=O) groups is 1. The molecule has 1 atom stereocenters. The second kappa shape index (κ2) is 6.93. The molecule has 0 saturated carbocycles. The van der Waals surface area contributed by atoms with E-state index in [9.17, 15) is 18.0 Å². The Kier molecular flexibility index (Phi) is 5.22. The van der Waals surface area contributed by atoms with Gasteiger partial charge in [-0.05, 0) is 25.8 Å². The van der Waals surface area contributed by atoms with Crippen molar-refractivity contribution < 1.29 is 18.0 Å². The molecule has 1 fully saturated rings. The Morgan fingerprint density at radius 2 is 2.00 bits per heavy atom. The molecule has 0 aliphatic carbocycles. The molecular weight excluding hydrogens is 281 g/mol. The molecule has 116 valence electrons. The van der Waals surface area contributed by atoms with Gasteiger partial charge < -0.3 is 10.2 Å². The number of amides is 1. The lowest BCUT2D eigenvalue weighted by atomic mass is 10.1. The highest BCUT2D eigenvalue weighted by atomic mass is 19.1. The van der Waals surface area contributed by atoms with E-state index in [0.717, 1.165) is 19.4 Å². The van der Waals surface area contributed by atoms with Gasteiger partial charge in [0.1, 0.15) is 23.0 Å². The Morgan fingerprint density at radius 3 is 2.52 bits per heavy atom. The maximum atomic E-state index is 13.7. The summed E-state index contributed by atoms with van der Waals surface area (Å²) in [5.41, 5.74) is -0.678. The molecule has 6 heteroatoms. The van der Waals surface area contributed by atoms with E-state index in [0.29, 0.717) is 31.6 Å². The van der Waals surface area contributed by atoms with E-state index in [-0.39, 0.29) is 6.04 Å². The molecule has 1 heterocycles. The monoisotopic (exact) mass is 300 g/mol. The molecule has 1 unspecified atom stereocenters. The maximum Gasteiger partial charge on any atom is 0.259 e. The number of benzene rings is 1. The van der Waals surface area contributed by atoms with Crippen LogP contribution in [0.1, 0.15) is 36.5 Å². The first kappa shape index (κ1) is 15.8. The molecule has 21 heavy (non-hydrogen) atoms. The standard InChI is InChI=1S/C15H19F3N2O/c1-2-6-20(9-11-4-3-5-19-11)15(21)14-12(17)7-10(16)8-13(14)18/h7-8,11,19H,2-6,9H2,1H3. The SMILES string of the molecule is CCCN(CC1CCCN1)C(=O)c1c(F)cc(F)cc1F. The van der Waals surface area contributed by atoms with Crippen molar-refractivity contribution in [3.05, 3.63) is 35.1 Å². The van der Waals surface area contributed by atoms with Crippen LogP contribution in [0.2, 0.25) is 0 Å². The van der Waals surface area contributed by atoms with Gasteiger partial charge in [0.15, 0.2) is 0 Å². The van der Waals surface area contributed by atoms with Crippen LogP contribution in [0, 0.1) is 17.5 Å². The van der Waals surface area contributed by atoms with Gasteiger partial charge in [0.25, 0.3) is 5.91 Å². The van der Waals surface area contributed by atoms with E-state index in [1.165, 1.54) is 4.90 Å². The van der Waals surface area contributed by atoms with Crippen molar-refractivity contribution in [2.24, 2.45) is 0 Å². The molecule has 1 amide bonds. The summed E-state index contributed by atoms with van der Waals surface area (Å²) >= 11 is 0. The van der Waals surface area contributed by atoms with Gasteiger partial charge in [0.2, 0.25) is 0 Å². The molecule has 1 aliphatic heterocycles. The third-order valence-corrected chi connectivity index (χ3v) is 3.60. The van der Waals surface area contributed by atoms with Crippen molar-refractivity contribution in [1.29, 1.82) is 0 Å². The van der Waals surface area contributed by atoms with Crippen LogP contribution in [0.4, 0.5) is 13.2 Å². The highest BCUT2D eigenvalue weighted by Crippen LogP contribution is 2.18. The van der Waals surface area contributed by atoms with Gasteiger partial charge >= 0.3 is 0 Å². The fourth-order valence-electron chi connectivity index (χ4n) is 2.63. The average molecular weight is 300 g/mol. The van der Waals surface area contributed by atoms with Crippen LogP contribution in [-0.4, -0.2) is 36.5 Å². The van der Waals surface area contributed by atoms with Gasteiger partial charge in [-0.25, -0.2) is 13.2 Å². The number of hydrogen-bond acceptors (Lipinski definition) is 2. The molecule has 1 aromatic carbocycles. The van der Waals surface area contributed by atoms with E-state index >= 15 is 0 Å². The van der Waals surface area contributed by atoms with Crippen molar-refractivity contribution >= 4 is 5.91 Å². The first-order valence-corrected chi connectivity index (χ1v) is 7.20. The topological polar surface area (TPSA) is 32.3 Å². The van der Waals surface area contributed by atoms with E-state index in [1.807, 2.05) is 6.92 Å². The lowest BCUT2D eigenvalue weighted by Crippen LogP contribution is -2.42. The zero-order chi connectivity index (χ0) is 15.4. The minimum atomic E-state index is -1.15. The maximum absolute atomic E-state index is 13.7. The molecule has 1 aromatic rings. The van der Waals surface area contributed by atoms with Crippen molar-refractivity contribution in [3.8, 4) is 0 Å². The summed E-state index contributed by atoms with van der Waals surface area (Å²) < 4.78 is 40.4. The first-order valence-electron chi connectivity index (χ1n) is 7.20. The van der Waals surface area contributed by atoms with Gasteiger partial charge in [-0.15, -0.1) is 0 Å². The quantitative estimate of drug-likeness (QED) is 0.907. The van der Waals surface area contributed by atoms with Crippen LogP contribution in [0.5, 0.6) is 0 Å². The van der Waals surface area contributed by atoms with Crippen LogP contribution in [0.25, 0.3) is 0 Å². The summed E-state index contributed by atoms with van der Waals surface area (Å²) in [6.07, 6.45) is 2.64. The van der Waals surface area contributed by atoms with Crippen LogP contribution in [0.15, 0.2) is 12.1 Å². The molecule has 1 N–H and O–H groups in total. The predicted octanol–water partition coefficient (Wildman–Crippen LogP) is 2.71. The summed E-state index contributed by atoms with van der Waals surface area (Å²) in [5.74, 6) is -4.06. The Balaban J connectivity index is 2.21. The predicted molar refractivity (Wildman–Crippen MR) is 73.5 cm³/mol. The van der Waals surface area contributed by atoms with E-state index in [2.05, 4.69) is 5.32 Å². The van der Waals surface area contributed by atoms with Crippen molar-refractivity contribution in [3.63, 3.8) is 0 Å². The minimum absolute atomic E-state index is 0.145. The second-order valence-electron chi connectivity index (χ2n) is 5.29. The van der Waals surface area contributed by atoms with Crippen LogP contribution in [-0.2, 0) is 0 Å². The lowest BCUT2D eigenvalue weighted by molar-refractivity contribution is 0.0732. The molecule has 1 saturated heterocycles. The molecule has 3 nitrogen and oxygen atoms in total. The zero-order valence-electron chi connectivity index (χ0n) is 12.0. The zero-order valence-corrected chi connectivity index (χ0v) is 12.0. The fourth-order valence-corrected chi connectivity index (χ4v) is 2.63. The molecule has 1 aliphatic rings. The molecule has 0 bridgehead atoms. The Labute approximate surface area is 122 Å². The summed E-state index contributed by atoms with van der Waals surface area (Å²) in [7, 11) is 0. The smallest absolute Gasteiger partial charge is 0.259 e. The Morgan fingerprint density at radius 1 is 1.33 bits per heavy atom. The summed E-state index contributed by atoms with van der Waals surface area (Å²) in [6.45, 7) is 3.59. The normalized spacial score (nSPS) is 18.0. The van der Waals surface area contributed by atoms with E-state index < -0.39 is 28.9 Å².